The lowest BCUT2D eigenvalue weighted by atomic mass is 10.1. The molecule has 0 aliphatic carbocycles. The van der Waals surface area contributed by atoms with Crippen LogP contribution < -0.4 is 9.46 Å². The quantitative estimate of drug-likeness (QED) is 0.730. The second-order valence-corrected chi connectivity index (χ2v) is 6.07. The Hall–Kier alpha value is -2.39. The number of aromatic carboxylic acids is 1. The van der Waals surface area contributed by atoms with Crippen molar-refractivity contribution in [2.24, 2.45) is 0 Å². The molecule has 22 heavy (non-hydrogen) atoms. The normalized spacial score (nSPS) is 11.4. The number of methoxy groups -OCH3 is 1. The van der Waals surface area contributed by atoms with Crippen LogP contribution in [-0.2, 0) is 10.0 Å². The Bertz CT molecular complexity index is 798. The zero-order valence-corrected chi connectivity index (χ0v) is 12.8. The molecular formula is C13H15N3O5S. The van der Waals surface area contributed by atoms with Crippen molar-refractivity contribution in [2.45, 2.75) is 11.8 Å². The number of aromatic nitrogens is 2. The summed E-state index contributed by atoms with van der Waals surface area (Å²) >= 11 is 0. The van der Waals surface area contributed by atoms with E-state index in [0.29, 0.717) is 11.3 Å². The molecule has 1 aromatic heterocycles. The number of aromatic amines is 1. The molecular weight excluding hydrogens is 310 g/mol. The Morgan fingerprint density at radius 2 is 2.14 bits per heavy atom. The standard InChI is InChI=1S/C13H15N3O5S/c1-3-14-22(19,20)12-6-8(4-5-11(12)21-2)9-7-10(13(17)18)16-15-9/h4-7,14H,3H2,1-2H3,(H,15,16)(H,17,18). The highest BCUT2D eigenvalue weighted by atomic mass is 32.2. The minimum absolute atomic E-state index is 0.0331. The number of H-pyrrole nitrogens is 1. The van der Waals surface area contributed by atoms with Crippen LogP contribution in [0.5, 0.6) is 5.75 Å². The fourth-order valence-electron chi connectivity index (χ4n) is 1.89. The molecule has 0 spiro atoms. The molecule has 118 valence electrons. The maximum Gasteiger partial charge on any atom is 0.353 e. The second kappa shape index (κ2) is 6.16. The first-order valence-electron chi connectivity index (χ1n) is 6.35. The van der Waals surface area contributed by atoms with Crippen LogP contribution in [0, 0.1) is 0 Å². The lowest BCUT2D eigenvalue weighted by molar-refractivity contribution is 0.0690. The van der Waals surface area contributed by atoms with E-state index in [1.165, 1.54) is 25.3 Å². The van der Waals surface area contributed by atoms with Gasteiger partial charge in [0, 0.05) is 12.1 Å². The van der Waals surface area contributed by atoms with E-state index < -0.39 is 16.0 Å². The molecule has 0 fully saturated rings. The zero-order valence-electron chi connectivity index (χ0n) is 12.0. The Morgan fingerprint density at radius 3 is 2.68 bits per heavy atom. The summed E-state index contributed by atoms with van der Waals surface area (Å²) in [6.45, 7) is 1.90. The van der Waals surface area contributed by atoms with E-state index in [-0.39, 0.29) is 22.9 Å². The van der Waals surface area contributed by atoms with Gasteiger partial charge >= 0.3 is 5.97 Å². The first kappa shape index (κ1) is 16.0. The molecule has 0 unspecified atom stereocenters. The highest BCUT2D eigenvalue weighted by Gasteiger charge is 2.20. The van der Waals surface area contributed by atoms with Gasteiger partial charge in [-0.05, 0) is 24.3 Å². The summed E-state index contributed by atoms with van der Waals surface area (Å²) in [5.41, 5.74) is 0.705. The third-order valence-electron chi connectivity index (χ3n) is 2.89. The van der Waals surface area contributed by atoms with Crippen LogP contribution in [0.4, 0.5) is 0 Å². The average molecular weight is 325 g/mol. The largest absolute Gasteiger partial charge is 0.495 e. The summed E-state index contributed by atoms with van der Waals surface area (Å²) < 4.78 is 31.8. The first-order valence-corrected chi connectivity index (χ1v) is 7.84. The third kappa shape index (κ3) is 3.10. The predicted molar refractivity (Wildman–Crippen MR) is 78.4 cm³/mol. The van der Waals surface area contributed by atoms with E-state index >= 15 is 0 Å². The fraction of sp³-hybridized carbons (Fsp3) is 0.231. The number of nitrogens with one attached hydrogen (secondary N) is 2. The number of hydrogen-bond donors (Lipinski definition) is 3. The van der Waals surface area contributed by atoms with Gasteiger partial charge in [0.25, 0.3) is 0 Å². The number of nitrogens with zero attached hydrogens (tertiary/aromatic N) is 1. The van der Waals surface area contributed by atoms with Crippen molar-refractivity contribution in [3.05, 3.63) is 30.0 Å². The van der Waals surface area contributed by atoms with Crippen molar-refractivity contribution in [3.63, 3.8) is 0 Å². The van der Waals surface area contributed by atoms with Gasteiger partial charge in [-0.1, -0.05) is 6.92 Å². The number of rotatable bonds is 6. The molecule has 0 aliphatic heterocycles. The Kier molecular flexibility index (Phi) is 4.48. The Labute approximate surface area is 127 Å². The lowest BCUT2D eigenvalue weighted by Crippen LogP contribution is -2.23. The first-order chi connectivity index (χ1) is 10.4. The van der Waals surface area contributed by atoms with Crippen LogP contribution in [0.25, 0.3) is 11.3 Å². The number of benzene rings is 1. The van der Waals surface area contributed by atoms with Gasteiger partial charge in [0.1, 0.15) is 16.3 Å². The third-order valence-corrected chi connectivity index (χ3v) is 4.46. The molecule has 0 aliphatic rings. The van der Waals surface area contributed by atoms with Gasteiger partial charge in [-0.15, -0.1) is 0 Å². The molecule has 9 heteroatoms. The summed E-state index contributed by atoms with van der Waals surface area (Å²) in [5, 5.41) is 15.1. The maximum absolute atomic E-state index is 12.2. The van der Waals surface area contributed by atoms with Gasteiger partial charge in [0.15, 0.2) is 0 Å². The van der Waals surface area contributed by atoms with E-state index in [4.69, 9.17) is 9.84 Å². The van der Waals surface area contributed by atoms with E-state index in [2.05, 4.69) is 14.9 Å². The molecule has 0 bridgehead atoms. The number of carboxylic acid groups (broad SMARTS) is 1. The predicted octanol–water partition coefficient (Wildman–Crippen LogP) is 1.08. The van der Waals surface area contributed by atoms with Crippen LogP contribution in [-0.4, -0.2) is 43.3 Å². The highest BCUT2D eigenvalue weighted by Crippen LogP contribution is 2.29. The van der Waals surface area contributed by atoms with Crippen LogP contribution in [0.3, 0.4) is 0 Å². The minimum Gasteiger partial charge on any atom is -0.495 e. The number of ether oxygens (including phenoxy) is 1. The Morgan fingerprint density at radius 1 is 1.41 bits per heavy atom. The van der Waals surface area contributed by atoms with E-state index in [1.54, 1.807) is 13.0 Å². The molecule has 2 rings (SSSR count). The van der Waals surface area contributed by atoms with E-state index in [9.17, 15) is 13.2 Å². The molecule has 0 saturated heterocycles. The molecule has 1 aromatic carbocycles. The molecule has 3 N–H and O–H groups in total. The Balaban J connectivity index is 2.53. The zero-order chi connectivity index (χ0) is 16.3. The second-order valence-electron chi connectivity index (χ2n) is 4.34. The van der Waals surface area contributed by atoms with Crippen LogP contribution in [0.15, 0.2) is 29.2 Å². The SMILES string of the molecule is CCNS(=O)(=O)c1cc(-c2cc(C(=O)O)[nH]n2)ccc1OC. The summed E-state index contributed by atoms with van der Waals surface area (Å²) in [6, 6.07) is 5.81. The monoisotopic (exact) mass is 325 g/mol. The average Bonchev–Trinajstić information content (AvgIpc) is 2.96. The van der Waals surface area contributed by atoms with E-state index in [0.717, 1.165) is 0 Å². The van der Waals surface area contributed by atoms with Crippen LogP contribution in [0.2, 0.25) is 0 Å². The summed E-state index contributed by atoms with van der Waals surface area (Å²) in [4.78, 5) is 10.8. The van der Waals surface area contributed by atoms with Crippen molar-refractivity contribution in [3.8, 4) is 17.0 Å². The summed E-state index contributed by atoms with van der Waals surface area (Å²) in [5.74, 6) is -0.952. The topological polar surface area (TPSA) is 121 Å². The molecule has 2 aromatic rings. The fourth-order valence-corrected chi connectivity index (χ4v) is 3.13. The maximum atomic E-state index is 12.2. The highest BCUT2D eigenvalue weighted by molar-refractivity contribution is 7.89. The lowest BCUT2D eigenvalue weighted by Gasteiger charge is -2.11. The van der Waals surface area contributed by atoms with Crippen molar-refractivity contribution in [1.29, 1.82) is 0 Å². The summed E-state index contributed by atoms with van der Waals surface area (Å²) in [7, 11) is -2.35. The molecule has 8 nitrogen and oxygen atoms in total. The van der Waals surface area contributed by atoms with Crippen molar-refractivity contribution in [1.82, 2.24) is 14.9 Å². The van der Waals surface area contributed by atoms with Gasteiger partial charge in [-0.25, -0.2) is 17.9 Å². The molecule has 0 saturated carbocycles. The molecule has 0 atom stereocenters. The smallest absolute Gasteiger partial charge is 0.353 e. The van der Waals surface area contributed by atoms with Crippen LogP contribution >= 0.6 is 0 Å². The number of carbonyl (C=O) groups is 1. The number of carboxylic acids is 1. The molecule has 1 heterocycles. The van der Waals surface area contributed by atoms with E-state index in [1.807, 2.05) is 0 Å². The van der Waals surface area contributed by atoms with Crippen molar-refractivity contribution >= 4 is 16.0 Å². The summed E-state index contributed by atoms with van der Waals surface area (Å²) in [6.07, 6.45) is 0. The van der Waals surface area contributed by atoms with Gasteiger partial charge in [0.05, 0.1) is 12.8 Å². The number of sulfonamides is 1. The van der Waals surface area contributed by atoms with Crippen molar-refractivity contribution in [2.75, 3.05) is 13.7 Å². The molecule has 0 radical (unpaired) electrons. The van der Waals surface area contributed by atoms with Gasteiger partial charge in [0.2, 0.25) is 10.0 Å². The minimum atomic E-state index is -3.72. The van der Waals surface area contributed by atoms with Gasteiger partial charge in [-0.3, -0.25) is 5.10 Å². The van der Waals surface area contributed by atoms with Gasteiger partial charge < -0.3 is 9.84 Å². The molecule has 0 amide bonds. The van der Waals surface area contributed by atoms with Gasteiger partial charge in [-0.2, -0.15) is 5.10 Å². The number of hydrogen-bond acceptors (Lipinski definition) is 5. The van der Waals surface area contributed by atoms with Crippen molar-refractivity contribution < 1.29 is 23.1 Å². The van der Waals surface area contributed by atoms with Crippen LogP contribution in [0.1, 0.15) is 17.4 Å².